The monoisotopic (exact) mass is 311 g/mol. The molecule has 0 spiro atoms. The van der Waals surface area contributed by atoms with E-state index >= 15 is 0 Å². The molecular weight excluding hydrogens is 294 g/mol. The number of Topliss-reactive ketones (excluding diaryl/α,β-unsaturated/α-hetero) is 1. The van der Waals surface area contributed by atoms with E-state index in [0.717, 1.165) is 22.3 Å². The smallest absolute Gasteiger partial charge is 0.161 e. The molecule has 4 heteroatoms. The molecule has 0 aromatic heterocycles. The van der Waals surface area contributed by atoms with E-state index in [-0.39, 0.29) is 11.9 Å². The highest BCUT2D eigenvalue weighted by atomic mass is 79.9. The van der Waals surface area contributed by atoms with E-state index in [9.17, 15) is 4.79 Å². The molecule has 1 aliphatic heterocycles. The van der Waals surface area contributed by atoms with Crippen LogP contribution in [-0.2, 0) is 4.74 Å². The van der Waals surface area contributed by atoms with Crippen molar-refractivity contribution in [2.45, 2.75) is 32.9 Å². The van der Waals surface area contributed by atoms with Gasteiger partial charge < -0.3 is 9.64 Å². The Morgan fingerprint density at radius 3 is 2.83 bits per heavy atom. The van der Waals surface area contributed by atoms with Crippen molar-refractivity contribution in [3.8, 4) is 0 Å². The molecule has 1 aromatic carbocycles. The molecule has 1 aromatic rings. The van der Waals surface area contributed by atoms with E-state index in [0.29, 0.717) is 12.6 Å². The Morgan fingerprint density at radius 1 is 1.44 bits per heavy atom. The zero-order chi connectivity index (χ0) is 13.3. The first kappa shape index (κ1) is 13.6. The first-order valence-corrected chi connectivity index (χ1v) is 6.97. The van der Waals surface area contributed by atoms with Crippen molar-refractivity contribution < 1.29 is 9.53 Å². The number of halogens is 1. The van der Waals surface area contributed by atoms with Gasteiger partial charge in [-0.2, -0.15) is 0 Å². The number of rotatable bonds is 2. The molecule has 1 aliphatic rings. The third kappa shape index (κ3) is 2.75. The Morgan fingerprint density at radius 2 is 2.17 bits per heavy atom. The zero-order valence-electron chi connectivity index (χ0n) is 10.9. The fourth-order valence-electron chi connectivity index (χ4n) is 2.28. The van der Waals surface area contributed by atoms with Crippen LogP contribution in [0.25, 0.3) is 0 Å². The lowest BCUT2D eigenvalue weighted by Gasteiger charge is -2.39. The molecule has 1 fully saturated rings. The molecular formula is C14H18BrNO2. The minimum Gasteiger partial charge on any atom is -0.375 e. The molecule has 0 saturated carbocycles. The molecule has 3 nitrogen and oxygen atoms in total. The fraction of sp³-hybridized carbons (Fsp3) is 0.500. The first-order valence-electron chi connectivity index (χ1n) is 6.17. The van der Waals surface area contributed by atoms with Gasteiger partial charge in [0.25, 0.3) is 0 Å². The summed E-state index contributed by atoms with van der Waals surface area (Å²) in [6.45, 7) is 7.32. The van der Waals surface area contributed by atoms with Gasteiger partial charge in [-0.15, -0.1) is 0 Å². The normalized spacial score (nSPS) is 24.1. The molecule has 98 valence electrons. The van der Waals surface area contributed by atoms with Gasteiger partial charge >= 0.3 is 0 Å². The predicted molar refractivity (Wildman–Crippen MR) is 76.4 cm³/mol. The Balaban J connectivity index is 2.40. The molecule has 0 aliphatic carbocycles. The van der Waals surface area contributed by atoms with Crippen LogP contribution < -0.4 is 4.90 Å². The van der Waals surface area contributed by atoms with Crippen molar-refractivity contribution in [2.24, 2.45) is 0 Å². The third-order valence-corrected chi connectivity index (χ3v) is 3.75. The molecule has 18 heavy (non-hydrogen) atoms. The average molecular weight is 312 g/mol. The van der Waals surface area contributed by atoms with E-state index < -0.39 is 0 Å². The Labute approximate surface area is 116 Å². The van der Waals surface area contributed by atoms with Gasteiger partial charge in [0.15, 0.2) is 5.78 Å². The Kier molecular flexibility index (Phi) is 4.07. The van der Waals surface area contributed by atoms with Gasteiger partial charge in [-0.1, -0.05) is 15.9 Å². The summed E-state index contributed by atoms with van der Waals surface area (Å²) >= 11 is 3.42. The standard InChI is InChI=1S/C14H18BrNO2/c1-9-8-18-10(2)7-16(9)14-5-4-12(15)6-13(14)11(3)17/h4-6,9-10H,7-8H2,1-3H3. The maximum atomic E-state index is 11.8. The van der Waals surface area contributed by atoms with Gasteiger partial charge in [-0.3, -0.25) is 4.79 Å². The quantitative estimate of drug-likeness (QED) is 0.785. The minimum atomic E-state index is 0.0950. The molecule has 0 radical (unpaired) electrons. The molecule has 0 amide bonds. The van der Waals surface area contributed by atoms with Crippen LogP contribution in [0.2, 0.25) is 0 Å². The van der Waals surface area contributed by atoms with Gasteiger partial charge in [-0.05, 0) is 39.0 Å². The summed E-state index contributed by atoms with van der Waals surface area (Å²) in [7, 11) is 0. The lowest BCUT2D eigenvalue weighted by Crippen LogP contribution is -2.47. The van der Waals surface area contributed by atoms with Crippen LogP contribution in [0.5, 0.6) is 0 Å². The number of hydrogen-bond donors (Lipinski definition) is 0. The summed E-state index contributed by atoms with van der Waals surface area (Å²) in [4.78, 5) is 14.0. The summed E-state index contributed by atoms with van der Waals surface area (Å²) in [6, 6.07) is 6.18. The number of anilines is 1. The lowest BCUT2D eigenvalue weighted by molar-refractivity contribution is 0.0343. The topological polar surface area (TPSA) is 29.5 Å². The molecule has 2 atom stereocenters. The first-order chi connectivity index (χ1) is 8.49. The van der Waals surface area contributed by atoms with Crippen molar-refractivity contribution in [3.63, 3.8) is 0 Å². The number of benzene rings is 1. The van der Waals surface area contributed by atoms with Gasteiger partial charge in [-0.25, -0.2) is 0 Å². The van der Waals surface area contributed by atoms with E-state index in [1.165, 1.54) is 0 Å². The predicted octanol–water partition coefficient (Wildman–Crippen LogP) is 3.27. The molecule has 1 saturated heterocycles. The summed E-state index contributed by atoms with van der Waals surface area (Å²) in [6.07, 6.45) is 0.199. The highest BCUT2D eigenvalue weighted by Crippen LogP contribution is 2.28. The number of carbonyl (C=O) groups is 1. The van der Waals surface area contributed by atoms with E-state index in [1.807, 2.05) is 18.2 Å². The van der Waals surface area contributed by atoms with Crippen LogP contribution in [-0.4, -0.2) is 31.1 Å². The van der Waals surface area contributed by atoms with Crippen molar-refractivity contribution in [3.05, 3.63) is 28.2 Å². The van der Waals surface area contributed by atoms with E-state index in [4.69, 9.17) is 4.74 Å². The summed E-state index contributed by atoms with van der Waals surface area (Å²) in [5.41, 5.74) is 1.78. The van der Waals surface area contributed by atoms with Crippen LogP contribution in [0.3, 0.4) is 0 Å². The van der Waals surface area contributed by atoms with E-state index in [2.05, 4.69) is 34.7 Å². The average Bonchev–Trinajstić information content (AvgIpc) is 2.32. The number of nitrogens with zero attached hydrogens (tertiary/aromatic N) is 1. The Hall–Kier alpha value is -0.870. The van der Waals surface area contributed by atoms with Gasteiger partial charge in [0, 0.05) is 28.3 Å². The van der Waals surface area contributed by atoms with Gasteiger partial charge in [0.1, 0.15) is 0 Å². The second-order valence-corrected chi connectivity index (χ2v) is 5.78. The zero-order valence-corrected chi connectivity index (χ0v) is 12.5. The number of ketones is 1. The molecule has 2 rings (SSSR count). The van der Waals surface area contributed by atoms with Crippen LogP contribution in [0.1, 0.15) is 31.1 Å². The summed E-state index contributed by atoms with van der Waals surface area (Å²) in [5, 5.41) is 0. The largest absolute Gasteiger partial charge is 0.375 e. The molecule has 1 heterocycles. The maximum absolute atomic E-state index is 11.8. The second kappa shape index (κ2) is 5.41. The van der Waals surface area contributed by atoms with Crippen LogP contribution in [0.15, 0.2) is 22.7 Å². The highest BCUT2D eigenvalue weighted by molar-refractivity contribution is 9.10. The van der Waals surface area contributed by atoms with Crippen molar-refractivity contribution >= 4 is 27.4 Å². The van der Waals surface area contributed by atoms with Crippen LogP contribution >= 0.6 is 15.9 Å². The van der Waals surface area contributed by atoms with Gasteiger partial charge in [0.05, 0.1) is 12.7 Å². The number of carbonyl (C=O) groups excluding carboxylic acids is 1. The fourth-order valence-corrected chi connectivity index (χ4v) is 2.64. The van der Waals surface area contributed by atoms with Crippen molar-refractivity contribution in [1.29, 1.82) is 0 Å². The lowest BCUT2D eigenvalue weighted by atomic mass is 10.1. The Bertz CT molecular complexity index is 461. The van der Waals surface area contributed by atoms with Crippen molar-refractivity contribution in [1.82, 2.24) is 0 Å². The van der Waals surface area contributed by atoms with E-state index in [1.54, 1.807) is 6.92 Å². The molecule has 0 N–H and O–H groups in total. The highest BCUT2D eigenvalue weighted by Gasteiger charge is 2.26. The summed E-state index contributed by atoms with van der Waals surface area (Å²) in [5.74, 6) is 0.0950. The second-order valence-electron chi connectivity index (χ2n) is 4.86. The minimum absolute atomic E-state index is 0.0950. The van der Waals surface area contributed by atoms with Crippen LogP contribution in [0, 0.1) is 0 Å². The summed E-state index contributed by atoms with van der Waals surface area (Å²) < 4.78 is 6.57. The SMILES string of the molecule is CC(=O)c1cc(Br)ccc1N1CC(C)OCC1C. The molecule has 0 bridgehead atoms. The third-order valence-electron chi connectivity index (χ3n) is 3.26. The number of ether oxygens (including phenoxy) is 1. The van der Waals surface area contributed by atoms with Gasteiger partial charge in [0.2, 0.25) is 0 Å². The molecule has 2 unspecified atom stereocenters. The van der Waals surface area contributed by atoms with Crippen molar-refractivity contribution in [2.75, 3.05) is 18.1 Å². The number of morpholine rings is 1. The maximum Gasteiger partial charge on any atom is 0.161 e. The van der Waals surface area contributed by atoms with Crippen LogP contribution in [0.4, 0.5) is 5.69 Å². The number of hydrogen-bond acceptors (Lipinski definition) is 3.